The average Bonchev–Trinajstić information content (AvgIpc) is 2.48. The molecule has 0 amide bonds. The van der Waals surface area contributed by atoms with E-state index < -0.39 is 13.7 Å². The SMILES string of the molecule is CC(C)(C)[Si](C)(C)OC1CCC(C#N)(c2ccc(F)cc2)CC1. The van der Waals surface area contributed by atoms with Crippen molar-refractivity contribution in [2.45, 2.75) is 76.1 Å². The molecule has 126 valence electrons. The van der Waals surface area contributed by atoms with Gasteiger partial charge in [0.1, 0.15) is 5.82 Å². The topological polar surface area (TPSA) is 33.0 Å². The van der Waals surface area contributed by atoms with Crippen LogP contribution in [0.3, 0.4) is 0 Å². The lowest BCUT2D eigenvalue weighted by Gasteiger charge is -2.43. The smallest absolute Gasteiger partial charge is 0.192 e. The molecule has 0 saturated heterocycles. The van der Waals surface area contributed by atoms with Crippen molar-refractivity contribution >= 4 is 8.32 Å². The molecule has 0 heterocycles. The molecule has 1 aromatic rings. The summed E-state index contributed by atoms with van der Waals surface area (Å²) in [6.07, 6.45) is 3.62. The van der Waals surface area contributed by atoms with Crippen LogP contribution in [0.2, 0.25) is 18.1 Å². The highest BCUT2D eigenvalue weighted by molar-refractivity contribution is 6.74. The molecule has 2 nitrogen and oxygen atoms in total. The standard InChI is InChI=1S/C19H28FNOSi/c1-18(2,3)23(4,5)22-17-10-12-19(14-21,13-11-17)15-6-8-16(20)9-7-15/h6-9,17H,10-13H2,1-5H3. The minimum Gasteiger partial charge on any atom is -0.414 e. The molecule has 2 rings (SSSR count). The van der Waals surface area contributed by atoms with E-state index >= 15 is 0 Å². The highest BCUT2D eigenvalue weighted by atomic mass is 28.4. The summed E-state index contributed by atoms with van der Waals surface area (Å²) in [6.45, 7) is 11.3. The van der Waals surface area contributed by atoms with Gasteiger partial charge in [-0.2, -0.15) is 5.26 Å². The monoisotopic (exact) mass is 333 g/mol. The predicted molar refractivity (Wildman–Crippen MR) is 94.2 cm³/mol. The minimum absolute atomic E-state index is 0.202. The van der Waals surface area contributed by atoms with Gasteiger partial charge in [0, 0.05) is 6.10 Å². The first-order chi connectivity index (χ1) is 10.6. The van der Waals surface area contributed by atoms with Crippen LogP contribution < -0.4 is 0 Å². The maximum atomic E-state index is 13.1. The van der Waals surface area contributed by atoms with Crippen molar-refractivity contribution in [2.75, 3.05) is 0 Å². The molecule has 0 bridgehead atoms. The number of hydrogen-bond acceptors (Lipinski definition) is 2. The van der Waals surface area contributed by atoms with Crippen LogP contribution in [-0.2, 0) is 9.84 Å². The lowest BCUT2D eigenvalue weighted by Crippen LogP contribution is -2.46. The van der Waals surface area contributed by atoms with Gasteiger partial charge in [0.05, 0.1) is 11.5 Å². The number of nitriles is 1. The Morgan fingerprint density at radius 1 is 1.17 bits per heavy atom. The average molecular weight is 334 g/mol. The van der Waals surface area contributed by atoms with Crippen LogP contribution in [0.15, 0.2) is 24.3 Å². The van der Waals surface area contributed by atoms with E-state index in [1.54, 1.807) is 12.1 Å². The van der Waals surface area contributed by atoms with E-state index in [9.17, 15) is 9.65 Å². The number of rotatable bonds is 3. The first kappa shape index (κ1) is 18.2. The molecule has 0 aromatic heterocycles. The summed E-state index contributed by atoms with van der Waals surface area (Å²) in [7, 11) is -1.77. The van der Waals surface area contributed by atoms with Crippen molar-refractivity contribution in [3.05, 3.63) is 35.6 Å². The molecule has 1 aliphatic carbocycles. The fourth-order valence-electron chi connectivity index (χ4n) is 3.03. The zero-order valence-electron chi connectivity index (χ0n) is 14.9. The first-order valence-electron chi connectivity index (χ1n) is 8.45. The van der Waals surface area contributed by atoms with Crippen molar-refractivity contribution in [1.29, 1.82) is 5.26 Å². The maximum Gasteiger partial charge on any atom is 0.192 e. The van der Waals surface area contributed by atoms with Crippen molar-refractivity contribution in [3.63, 3.8) is 0 Å². The molecule has 0 atom stereocenters. The second-order valence-corrected chi connectivity index (χ2v) is 13.0. The third kappa shape index (κ3) is 3.84. The van der Waals surface area contributed by atoms with Crippen LogP contribution in [0.1, 0.15) is 52.0 Å². The first-order valence-corrected chi connectivity index (χ1v) is 11.4. The van der Waals surface area contributed by atoms with Gasteiger partial charge in [-0.3, -0.25) is 0 Å². The Bertz CT molecular complexity index is 575. The van der Waals surface area contributed by atoms with Crippen molar-refractivity contribution in [1.82, 2.24) is 0 Å². The van der Waals surface area contributed by atoms with Gasteiger partial charge in [-0.1, -0.05) is 32.9 Å². The van der Waals surface area contributed by atoms with Gasteiger partial charge in [-0.05, 0) is 61.5 Å². The summed E-state index contributed by atoms with van der Waals surface area (Å²) in [5, 5.41) is 9.94. The van der Waals surface area contributed by atoms with Gasteiger partial charge < -0.3 is 4.43 Å². The van der Waals surface area contributed by atoms with Crippen molar-refractivity contribution in [2.24, 2.45) is 0 Å². The molecular weight excluding hydrogens is 305 g/mol. The maximum absolute atomic E-state index is 13.1. The van der Waals surface area contributed by atoms with Gasteiger partial charge in [-0.25, -0.2) is 4.39 Å². The second-order valence-electron chi connectivity index (χ2n) is 8.28. The van der Waals surface area contributed by atoms with Crippen LogP contribution in [0.4, 0.5) is 4.39 Å². The van der Waals surface area contributed by atoms with Crippen LogP contribution in [0.5, 0.6) is 0 Å². The Balaban J connectivity index is 2.07. The largest absolute Gasteiger partial charge is 0.414 e. The summed E-state index contributed by atoms with van der Waals surface area (Å²) in [6, 6.07) is 8.92. The zero-order valence-corrected chi connectivity index (χ0v) is 15.9. The van der Waals surface area contributed by atoms with Gasteiger partial charge in [-0.15, -0.1) is 0 Å². The third-order valence-corrected chi connectivity index (χ3v) is 10.2. The molecule has 4 heteroatoms. The third-order valence-electron chi connectivity index (χ3n) is 5.66. The summed E-state index contributed by atoms with van der Waals surface area (Å²) < 4.78 is 19.6. The number of halogens is 1. The molecule has 1 fully saturated rings. The van der Waals surface area contributed by atoms with Crippen LogP contribution >= 0.6 is 0 Å². The molecule has 0 spiro atoms. The zero-order chi connectivity index (χ0) is 17.3. The Kier molecular flexibility index (Phi) is 5.03. The Morgan fingerprint density at radius 2 is 1.70 bits per heavy atom. The highest BCUT2D eigenvalue weighted by Crippen LogP contribution is 2.43. The van der Waals surface area contributed by atoms with E-state index in [0.29, 0.717) is 0 Å². The summed E-state index contributed by atoms with van der Waals surface area (Å²) >= 11 is 0. The summed E-state index contributed by atoms with van der Waals surface area (Å²) in [4.78, 5) is 0. The quantitative estimate of drug-likeness (QED) is 0.679. The molecular formula is C19H28FNOSi. The van der Waals surface area contributed by atoms with Crippen LogP contribution in [0, 0.1) is 17.1 Å². The Morgan fingerprint density at radius 3 is 2.13 bits per heavy atom. The van der Waals surface area contributed by atoms with E-state index in [-0.39, 0.29) is 17.0 Å². The van der Waals surface area contributed by atoms with E-state index in [0.717, 1.165) is 31.2 Å². The molecule has 23 heavy (non-hydrogen) atoms. The van der Waals surface area contributed by atoms with Gasteiger partial charge in [0.2, 0.25) is 0 Å². The van der Waals surface area contributed by atoms with Gasteiger partial charge in [0.25, 0.3) is 0 Å². The molecule has 0 N–H and O–H groups in total. The molecule has 1 saturated carbocycles. The molecule has 0 unspecified atom stereocenters. The Labute approximate surface area is 140 Å². The molecule has 0 radical (unpaired) electrons. The summed E-state index contributed by atoms with van der Waals surface area (Å²) in [5.41, 5.74) is 0.452. The van der Waals surface area contributed by atoms with E-state index in [1.807, 2.05) is 0 Å². The van der Waals surface area contributed by atoms with E-state index in [1.165, 1.54) is 12.1 Å². The van der Waals surface area contributed by atoms with Gasteiger partial charge >= 0.3 is 0 Å². The van der Waals surface area contributed by atoms with Crippen LogP contribution in [0.25, 0.3) is 0 Å². The number of benzene rings is 1. The van der Waals surface area contributed by atoms with Crippen molar-refractivity contribution < 1.29 is 8.82 Å². The number of nitrogens with zero attached hydrogens (tertiary/aromatic N) is 1. The lowest BCUT2D eigenvalue weighted by molar-refractivity contribution is 0.117. The molecule has 1 aromatic carbocycles. The highest BCUT2D eigenvalue weighted by Gasteiger charge is 2.43. The Hall–Kier alpha value is -1.18. The minimum atomic E-state index is -1.77. The van der Waals surface area contributed by atoms with Crippen molar-refractivity contribution in [3.8, 4) is 6.07 Å². The van der Waals surface area contributed by atoms with E-state index in [4.69, 9.17) is 4.43 Å². The predicted octanol–water partition coefficient (Wildman–Crippen LogP) is 5.55. The lowest BCUT2D eigenvalue weighted by atomic mass is 9.70. The fourth-order valence-corrected chi connectivity index (χ4v) is 4.45. The van der Waals surface area contributed by atoms with Gasteiger partial charge in [0.15, 0.2) is 8.32 Å². The van der Waals surface area contributed by atoms with Crippen LogP contribution in [-0.4, -0.2) is 14.4 Å². The molecule has 0 aliphatic heterocycles. The molecule has 1 aliphatic rings. The normalized spacial score (nSPS) is 25.9. The van der Waals surface area contributed by atoms with E-state index in [2.05, 4.69) is 39.9 Å². The number of hydrogen-bond donors (Lipinski definition) is 0. The fraction of sp³-hybridized carbons (Fsp3) is 0.632. The summed E-state index contributed by atoms with van der Waals surface area (Å²) in [5.74, 6) is -0.253. The second kappa shape index (κ2) is 6.37.